The quantitative estimate of drug-likeness (QED) is 0.461. The Hall–Kier alpha value is -2.33. The second-order valence-corrected chi connectivity index (χ2v) is 8.00. The van der Waals surface area contributed by atoms with Gasteiger partial charge in [0.25, 0.3) is 0 Å². The molecule has 1 fully saturated rings. The first-order valence-electron chi connectivity index (χ1n) is 11.1. The minimum Gasteiger partial charge on any atom is -0.490 e. The number of ether oxygens (including phenoxy) is 2. The summed E-state index contributed by atoms with van der Waals surface area (Å²) in [6.07, 6.45) is 6.97. The number of carbonyl (C=O) groups excluding carboxylic acids is 1. The fraction of sp³-hybridized carbons (Fsp3) is 0.480. The Morgan fingerprint density at radius 2 is 1.62 bits per heavy atom. The van der Waals surface area contributed by atoms with Crippen LogP contribution >= 0.6 is 0 Å². The summed E-state index contributed by atoms with van der Waals surface area (Å²) in [6.45, 7) is 6.82. The van der Waals surface area contributed by atoms with E-state index in [9.17, 15) is 4.79 Å². The van der Waals surface area contributed by atoms with Crippen molar-refractivity contribution >= 4 is 5.78 Å². The molecule has 0 N–H and O–H groups in total. The molecule has 1 heterocycles. The van der Waals surface area contributed by atoms with Gasteiger partial charge in [-0.3, -0.25) is 4.79 Å². The van der Waals surface area contributed by atoms with Gasteiger partial charge in [0.2, 0.25) is 0 Å². The van der Waals surface area contributed by atoms with Crippen LogP contribution in [0.2, 0.25) is 0 Å². The average Bonchev–Trinajstić information content (AvgIpc) is 3.05. The normalized spacial score (nSPS) is 15.8. The minimum atomic E-state index is 0.0440. The van der Waals surface area contributed by atoms with Crippen molar-refractivity contribution in [3.63, 3.8) is 0 Å². The van der Waals surface area contributed by atoms with E-state index in [0.717, 1.165) is 42.5 Å². The van der Waals surface area contributed by atoms with Crippen LogP contribution in [0.4, 0.5) is 0 Å². The van der Waals surface area contributed by atoms with E-state index >= 15 is 0 Å². The van der Waals surface area contributed by atoms with Gasteiger partial charge in [-0.1, -0.05) is 44.0 Å². The maximum Gasteiger partial charge on any atom is 0.198 e. The van der Waals surface area contributed by atoms with Crippen molar-refractivity contribution in [3.8, 4) is 22.6 Å². The lowest BCUT2D eigenvalue weighted by atomic mass is 10.0. The molecule has 0 aromatic heterocycles. The van der Waals surface area contributed by atoms with Crippen LogP contribution in [-0.4, -0.2) is 43.5 Å². The molecule has 1 aliphatic carbocycles. The molecule has 2 aromatic rings. The van der Waals surface area contributed by atoms with Crippen molar-refractivity contribution in [1.29, 1.82) is 0 Å². The zero-order chi connectivity index (χ0) is 20.1. The first kappa shape index (κ1) is 20.0. The third kappa shape index (κ3) is 4.32. The van der Waals surface area contributed by atoms with Crippen LogP contribution in [0, 0.1) is 0 Å². The van der Waals surface area contributed by atoms with E-state index in [4.69, 9.17) is 9.47 Å². The Morgan fingerprint density at radius 3 is 2.41 bits per heavy atom. The molecule has 29 heavy (non-hydrogen) atoms. The minimum absolute atomic E-state index is 0.0440. The maximum atomic E-state index is 13.1. The largest absolute Gasteiger partial charge is 0.490 e. The molecule has 2 aromatic carbocycles. The summed E-state index contributed by atoms with van der Waals surface area (Å²) in [5.74, 6) is 1.36. The molecule has 0 unspecified atom stereocenters. The lowest BCUT2D eigenvalue weighted by molar-refractivity contribution is 0.103. The van der Waals surface area contributed by atoms with Crippen molar-refractivity contribution in [1.82, 2.24) is 4.90 Å². The number of piperidine rings is 1. The molecule has 0 radical (unpaired) electrons. The van der Waals surface area contributed by atoms with Gasteiger partial charge in [-0.15, -0.1) is 0 Å². The van der Waals surface area contributed by atoms with Gasteiger partial charge >= 0.3 is 0 Å². The molecule has 1 saturated heterocycles. The Morgan fingerprint density at radius 1 is 0.862 bits per heavy atom. The molecule has 0 bridgehead atoms. The van der Waals surface area contributed by atoms with E-state index in [1.54, 1.807) is 0 Å². The fourth-order valence-electron chi connectivity index (χ4n) is 4.29. The predicted molar refractivity (Wildman–Crippen MR) is 116 cm³/mol. The van der Waals surface area contributed by atoms with Crippen molar-refractivity contribution in [2.75, 3.05) is 32.8 Å². The van der Waals surface area contributed by atoms with Crippen molar-refractivity contribution in [3.05, 3.63) is 47.5 Å². The van der Waals surface area contributed by atoms with E-state index in [-0.39, 0.29) is 5.78 Å². The van der Waals surface area contributed by atoms with Gasteiger partial charge in [-0.25, -0.2) is 0 Å². The lowest BCUT2D eigenvalue weighted by Gasteiger charge is -2.26. The highest BCUT2D eigenvalue weighted by Crippen LogP contribution is 2.45. The fourth-order valence-corrected chi connectivity index (χ4v) is 4.29. The van der Waals surface area contributed by atoms with Gasteiger partial charge in [0.15, 0.2) is 17.3 Å². The van der Waals surface area contributed by atoms with Gasteiger partial charge in [-0.05, 0) is 62.0 Å². The second kappa shape index (κ2) is 9.45. The van der Waals surface area contributed by atoms with E-state index in [0.29, 0.717) is 30.3 Å². The summed E-state index contributed by atoms with van der Waals surface area (Å²) in [5, 5.41) is 0. The van der Waals surface area contributed by atoms with Crippen LogP contribution in [0.3, 0.4) is 0 Å². The predicted octanol–water partition coefficient (Wildman–Crippen LogP) is 5.33. The molecule has 0 saturated carbocycles. The number of ketones is 1. The number of carbonyl (C=O) groups is 1. The standard InChI is InChI=1S/C25H31NO3/c1-2-3-17-28-22-13-12-20-19-10-5-6-11-21(19)24(27)23(20)25(22)29-18-9-16-26-14-7-4-8-15-26/h5-6,10-13H,2-4,7-9,14-18H2,1H3. The number of benzene rings is 2. The average molecular weight is 394 g/mol. The molecule has 1 aliphatic heterocycles. The third-order valence-electron chi connectivity index (χ3n) is 5.88. The number of hydrogen-bond acceptors (Lipinski definition) is 4. The first-order valence-corrected chi connectivity index (χ1v) is 11.1. The number of likely N-dealkylation sites (tertiary alicyclic amines) is 1. The number of unbranched alkanes of at least 4 members (excludes halogenated alkanes) is 1. The van der Waals surface area contributed by atoms with Gasteiger partial charge in [0, 0.05) is 12.1 Å². The molecule has 4 rings (SSSR count). The zero-order valence-electron chi connectivity index (χ0n) is 17.4. The zero-order valence-corrected chi connectivity index (χ0v) is 17.4. The Balaban J connectivity index is 1.52. The number of hydrogen-bond donors (Lipinski definition) is 0. The Bertz CT molecular complexity index is 855. The van der Waals surface area contributed by atoms with Crippen LogP contribution in [0.15, 0.2) is 36.4 Å². The van der Waals surface area contributed by atoms with Crippen LogP contribution < -0.4 is 9.47 Å². The summed E-state index contributed by atoms with van der Waals surface area (Å²) < 4.78 is 12.2. The highest BCUT2D eigenvalue weighted by Gasteiger charge is 2.31. The van der Waals surface area contributed by atoms with Gasteiger partial charge in [-0.2, -0.15) is 0 Å². The molecule has 0 atom stereocenters. The van der Waals surface area contributed by atoms with Gasteiger partial charge < -0.3 is 14.4 Å². The van der Waals surface area contributed by atoms with Crippen LogP contribution in [0.1, 0.15) is 61.4 Å². The summed E-state index contributed by atoms with van der Waals surface area (Å²) in [4.78, 5) is 15.6. The topological polar surface area (TPSA) is 38.8 Å². The number of rotatable bonds is 9. The van der Waals surface area contributed by atoms with Crippen molar-refractivity contribution in [2.45, 2.75) is 45.4 Å². The number of nitrogens with zero attached hydrogens (tertiary/aromatic N) is 1. The van der Waals surface area contributed by atoms with Crippen molar-refractivity contribution in [2.24, 2.45) is 0 Å². The highest BCUT2D eigenvalue weighted by molar-refractivity contribution is 6.23. The van der Waals surface area contributed by atoms with E-state index in [1.807, 2.05) is 36.4 Å². The smallest absolute Gasteiger partial charge is 0.198 e. The van der Waals surface area contributed by atoms with Gasteiger partial charge in [0.05, 0.1) is 18.8 Å². The molecule has 2 aliphatic rings. The second-order valence-electron chi connectivity index (χ2n) is 8.00. The summed E-state index contributed by atoms with van der Waals surface area (Å²) >= 11 is 0. The highest BCUT2D eigenvalue weighted by atomic mass is 16.5. The van der Waals surface area contributed by atoms with Gasteiger partial charge in [0.1, 0.15) is 0 Å². The summed E-state index contributed by atoms with van der Waals surface area (Å²) in [7, 11) is 0. The third-order valence-corrected chi connectivity index (χ3v) is 5.88. The maximum absolute atomic E-state index is 13.1. The summed E-state index contributed by atoms with van der Waals surface area (Å²) in [6, 6.07) is 11.8. The monoisotopic (exact) mass is 393 g/mol. The van der Waals surface area contributed by atoms with Crippen LogP contribution in [0.5, 0.6) is 11.5 Å². The molecule has 154 valence electrons. The van der Waals surface area contributed by atoms with Crippen LogP contribution in [-0.2, 0) is 0 Å². The lowest BCUT2D eigenvalue weighted by Crippen LogP contribution is -2.31. The number of fused-ring (bicyclic) bond motifs is 3. The van der Waals surface area contributed by atoms with E-state index in [1.165, 1.54) is 32.4 Å². The van der Waals surface area contributed by atoms with E-state index in [2.05, 4.69) is 11.8 Å². The SMILES string of the molecule is CCCCOc1ccc2c(c1OCCCN1CCCCC1)C(=O)c1ccccc1-2. The van der Waals surface area contributed by atoms with E-state index < -0.39 is 0 Å². The Labute approximate surface area is 173 Å². The molecular weight excluding hydrogens is 362 g/mol. The van der Waals surface area contributed by atoms with Crippen molar-refractivity contribution < 1.29 is 14.3 Å². The molecular formula is C25H31NO3. The molecule has 4 heteroatoms. The molecule has 4 nitrogen and oxygen atoms in total. The molecule has 0 amide bonds. The summed E-state index contributed by atoms with van der Waals surface area (Å²) in [5.41, 5.74) is 3.37. The van der Waals surface area contributed by atoms with Crippen LogP contribution in [0.25, 0.3) is 11.1 Å². The first-order chi connectivity index (χ1) is 14.3. The Kier molecular flexibility index (Phi) is 6.50. The molecule has 0 spiro atoms.